The summed E-state index contributed by atoms with van der Waals surface area (Å²) in [4.78, 5) is 0. The predicted octanol–water partition coefficient (Wildman–Crippen LogP) is 2.42. The monoisotopic (exact) mass is 302 g/mol. The number of aliphatic hydroxyl groups is 2. The van der Waals surface area contributed by atoms with Gasteiger partial charge in [-0.1, -0.05) is 0 Å². The first kappa shape index (κ1) is 13.4. The minimum Gasteiger partial charge on any atom is -0.396 e. The summed E-state index contributed by atoms with van der Waals surface area (Å²) in [7, 11) is 0. The van der Waals surface area contributed by atoms with Crippen molar-refractivity contribution in [3.05, 3.63) is 33.3 Å². The van der Waals surface area contributed by atoms with Crippen molar-refractivity contribution < 1.29 is 27.8 Å². The van der Waals surface area contributed by atoms with Crippen molar-refractivity contribution in [3.63, 3.8) is 0 Å². The van der Waals surface area contributed by atoms with Gasteiger partial charge >= 0.3 is 0 Å². The molecule has 1 aromatic carbocycles. The Morgan fingerprint density at radius 2 is 1.44 bits per heavy atom. The van der Waals surface area contributed by atoms with E-state index < -0.39 is 52.4 Å². The van der Waals surface area contributed by atoms with E-state index in [2.05, 4.69) is 15.9 Å². The maximum absolute atomic E-state index is 13.2. The molecule has 0 aliphatic carbocycles. The molecular formula is C9H7BrF4O2. The van der Waals surface area contributed by atoms with Gasteiger partial charge in [-0.25, -0.2) is 17.6 Å². The van der Waals surface area contributed by atoms with Crippen LogP contribution in [0.5, 0.6) is 0 Å². The van der Waals surface area contributed by atoms with Crippen LogP contribution in [0.15, 0.2) is 4.47 Å². The molecule has 0 spiro atoms. The molecule has 0 radical (unpaired) electrons. The molecule has 2 N–H and O–H groups in total. The highest BCUT2D eigenvalue weighted by Crippen LogP contribution is 2.32. The average molecular weight is 303 g/mol. The van der Waals surface area contributed by atoms with Gasteiger partial charge in [0.15, 0.2) is 23.3 Å². The van der Waals surface area contributed by atoms with Crippen LogP contribution in [0.1, 0.15) is 18.1 Å². The molecule has 7 heteroatoms. The molecule has 0 aromatic heterocycles. The van der Waals surface area contributed by atoms with Crippen molar-refractivity contribution in [2.45, 2.75) is 12.5 Å². The topological polar surface area (TPSA) is 40.5 Å². The molecule has 0 aliphatic heterocycles. The zero-order chi connectivity index (χ0) is 12.5. The van der Waals surface area contributed by atoms with E-state index in [4.69, 9.17) is 5.11 Å². The van der Waals surface area contributed by atoms with E-state index in [-0.39, 0.29) is 0 Å². The van der Waals surface area contributed by atoms with Gasteiger partial charge in [0.25, 0.3) is 0 Å². The standard InChI is InChI=1S/C9H7BrF4O2/c10-5-8(13)6(11)4(3(16)1-2-15)7(12)9(5)14/h3,15-16H,1-2H2. The van der Waals surface area contributed by atoms with Crippen LogP contribution in [-0.4, -0.2) is 16.8 Å². The first-order valence-corrected chi connectivity index (χ1v) is 5.01. The molecular weight excluding hydrogens is 296 g/mol. The maximum Gasteiger partial charge on any atom is 0.176 e. The van der Waals surface area contributed by atoms with E-state index in [1.54, 1.807) is 0 Å². The summed E-state index contributed by atoms with van der Waals surface area (Å²) in [6, 6.07) is 0. The Labute approximate surface area is 96.6 Å². The molecule has 0 heterocycles. The number of hydrogen-bond acceptors (Lipinski definition) is 2. The summed E-state index contributed by atoms with van der Waals surface area (Å²) in [6.07, 6.45) is -2.23. The van der Waals surface area contributed by atoms with E-state index in [0.29, 0.717) is 0 Å². The molecule has 1 unspecified atom stereocenters. The third kappa shape index (κ3) is 2.21. The predicted molar refractivity (Wildman–Crippen MR) is 50.6 cm³/mol. The molecule has 90 valence electrons. The summed E-state index contributed by atoms with van der Waals surface area (Å²) in [5.41, 5.74) is -1.12. The molecule has 0 bridgehead atoms. The van der Waals surface area contributed by atoms with Gasteiger partial charge in [0.2, 0.25) is 0 Å². The Kier molecular flexibility index (Phi) is 4.28. The molecule has 1 aromatic rings. The van der Waals surface area contributed by atoms with E-state index in [0.717, 1.165) is 0 Å². The fraction of sp³-hybridized carbons (Fsp3) is 0.333. The second kappa shape index (κ2) is 5.11. The average Bonchev–Trinajstić information content (AvgIpc) is 2.24. The van der Waals surface area contributed by atoms with Crippen LogP contribution < -0.4 is 0 Å². The summed E-state index contributed by atoms with van der Waals surface area (Å²) in [5, 5.41) is 17.7. The molecule has 1 atom stereocenters. The summed E-state index contributed by atoms with van der Waals surface area (Å²) < 4.78 is 51.5. The second-order valence-corrected chi connectivity index (χ2v) is 3.80. The van der Waals surface area contributed by atoms with E-state index in [1.165, 1.54) is 0 Å². The summed E-state index contributed by atoms with van der Waals surface area (Å²) in [5.74, 6) is -6.59. The minimum absolute atomic E-state index is 0.422. The smallest absolute Gasteiger partial charge is 0.176 e. The number of hydrogen-bond donors (Lipinski definition) is 2. The number of benzene rings is 1. The SMILES string of the molecule is OCCC(O)c1c(F)c(F)c(Br)c(F)c1F. The van der Waals surface area contributed by atoms with Gasteiger partial charge in [-0.2, -0.15) is 0 Å². The van der Waals surface area contributed by atoms with E-state index >= 15 is 0 Å². The van der Waals surface area contributed by atoms with Gasteiger partial charge in [-0.3, -0.25) is 0 Å². The van der Waals surface area contributed by atoms with Crippen molar-refractivity contribution in [3.8, 4) is 0 Å². The first-order valence-electron chi connectivity index (χ1n) is 4.22. The van der Waals surface area contributed by atoms with Crippen LogP contribution in [0.4, 0.5) is 17.6 Å². The number of rotatable bonds is 3. The van der Waals surface area contributed by atoms with Crippen molar-refractivity contribution in [2.75, 3.05) is 6.61 Å². The van der Waals surface area contributed by atoms with Crippen molar-refractivity contribution in [1.82, 2.24) is 0 Å². The van der Waals surface area contributed by atoms with E-state index in [9.17, 15) is 22.7 Å². The Hall–Kier alpha value is -0.660. The third-order valence-corrected chi connectivity index (χ3v) is 2.68. The first-order chi connectivity index (χ1) is 7.41. The van der Waals surface area contributed by atoms with Crippen LogP contribution >= 0.6 is 15.9 Å². The Balaban J connectivity index is 3.39. The van der Waals surface area contributed by atoms with Crippen LogP contribution in [0, 0.1) is 23.3 Å². The van der Waals surface area contributed by atoms with E-state index in [1.807, 2.05) is 0 Å². The highest BCUT2D eigenvalue weighted by Gasteiger charge is 2.27. The Morgan fingerprint density at radius 3 is 1.81 bits per heavy atom. The van der Waals surface area contributed by atoms with Gasteiger partial charge < -0.3 is 10.2 Å². The Morgan fingerprint density at radius 1 is 1.00 bits per heavy atom. The zero-order valence-corrected chi connectivity index (χ0v) is 9.36. The molecule has 0 amide bonds. The lowest BCUT2D eigenvalue weighted by Gasteiger charge is -2.13. The summed E-state index contributed by atoms with van der Waals surface area (Å²) >= 11 is 2.34. The largest absolute Gasteiger partial charge is 0.396 e. The van der Waals surface area contributed by atoms with Crippen LogP contribution in [0.25, 0.3) is 0 Å². The lowest BCUT2D eigenvalue weighted by Crippen LogP contribution is -2.10. The highest BCUT2D eigenvalue weighted by atomic mass is 79.9. The molecule has 0 fully saturated rings. The lowest BCUT2D eigenvalue weighted by molar-refractivity contribution is 0.125. The van der Waals surface area contributed by atoms with Crippen LogP contribution in [0.3, 0.4) is 0 Å². The molecule has 0 saturated heterocycles. The zero-order valence-electron chi connectivity index (χ0n) is 7.78. The highest BCUT2D eigenvalue weighted by molar-refractivity contribution is 9.10. The minimum atomic E-state index is -1.80. The molecule has 0 aliphatic rings. The van der Waals surface area contributed by atoms with Crippen LogP contribution in [-0.2, 0) is 0 Å². The Bertz CT molecular complexity index is 382. The van der Waals surface area contributed by atoms with Crippen molar-refractivity contribution in [2.24, 2.45) is 0 Å². The quantitative estimate of drug-likeness (QED) is 0.511. The lowest BCUT2D eigenvalue weighted by atomic mass is 10.0. The number of halogens is 5. The van der Waals surface area contributed by atoms with Gasteiger partial charge in [0, 0.05) is 13.0 Å². The number of aliphatic hydroxyl groups excluding tert-OH is 2. The van der Waals surface area contributed by atoms with Crippen molar-refractivity contribution in [1.29, 1.82) is 0 Å². The maximum atomic E-state index is 13.2. The molecule has 0 saturated carbocycles. The van der Waals surface area contributed by atoms with Gasteiger partial charge in [0.1, 0.15) is 0 Å². The van der Waals surface area contributed by atoms with Gasteiger partial charge in [-0.15, -0.1) is 0 Å². The fourth-order valence-corrected chi connectivity index (χ4v) is 1.53. The van der Waals surface area contributed by atoms with Gasteiger partial charge in [-0.05, 0) is 15.9 Å². The molecule has 2 nitrogen and oxygen atoms in total. The molecule has 1 rings (SSSR count). The van der Waals surface area contributed by atoms with Crippen LogP contribution in [0.2, 0.25) is 0 Å². The summed E-state index contributed by atoms with van der Waals surface area (Å²) in [6.45, 7) is -0.570. The molecule has 16 heavy (non-hydrogen) atoms. The fourth-order valence-electron chi connectivity index (χ4n) is 1.18. The third-order valence-electron chi connectivity index (χ3n) is 1.98. The normalized spacial score (nSPS) is 12.9. The second-order valence-electron chi connectivity index (χ2n) is 3.01. The van der Waals surface area contributed by atoms with Crippen molar-refractivity contribution >= 4 is 15.9 Å². The van der Waals surface area contributed by atoms with Gasteiger partial charge in [0.05, 0.1) is 16.1 Å².